The highest BCUT2D eigenvalue weighted by Gasteiger charge is 2.85. The maximum atomic E-state index is 14.2. The number of esters is 2. The van der Waals surface area contributed by atoms with E-state index >= 15 is 0 Å². The maximum Gasteiger partial charge on any atom is 0.500 e. The Morgan fingerprint density at radius 2 is 1.02 bits per heavy atom. The summed E-state index contributed by atoms with van der Waals surface area (Å²) in [5, 5.41) is 3.92. The minimum Gasteiger partial charge on any atom is -0.461 e. The molecule has 2 N–H and O–H groups in total. The molecule has 364 valence electrons. The summed E-state index contributed by atoms with van der Waals surface area (Å²) in [5.41, 5.74) is 0. The molecular formula is C26H29F19N2O14Si. The van der Waals surface area contributed by atoms with E-state index in [2.05, 4.69) is 25.5 Å². The number of carbonyl (C=O) groups excluding carboxylic acids is 4. The predicted octanol–water partition coefficient (Wildman–Crippen LogP) is 5.79. The molecule has 1 atom stereocenters. The summed E-state index contributed by atoms with van der Waals surface area (Å²) in [6.07, 6.45) is -58.6. The number of rotatable bonds is 27. The molecule has 0 saturated carbocycles. The van der Waals surface area contributed by atoms with Crippen molar-refractivity contribution in [1.82, 2.24) is 10.6 Å². The van der Waals surface area contributed by atoms with E-state index in [1.165, 1.54) is 30.8 Å². The number of alkyl carbamates (subject to hydrolysis) is 2. The number of nitrogens with one attached hydrogen (secondary N) is 2. The van der Waals surface area contributed by atoms with Crippen LogP contribution in [0.3, 0.4) is 0 Å². The summed E-state index contributed by atoms with van der Waals surface area (Å²) < 4.78 is 291. The van der Waals surface area contributed by atoms with Crippen LogP contribution in [-0.4, -0.2) is 148 Å². The van der Waals surface area contributed by atoms with E-state index in [4.69, 9.17) is 13.3 Å². The first-order chi connectivity index (χ1) is 27.8. The lowest BCUT2D eigenvalue weighted by Gasteiger charge is -2.37. The molecule has 0 aliphatic rings. The van der Waals surface area contributed by atoms with Gasteiger partial charge in [-0.25, -0.2) is 33.4 Å². The van der Waals surface area contributed by atoms with Gasteiger partial charge in [-0.3, -0.25) is 0 Å². The zero-order valence-electron chi connectivity index (χ0n) is 30.7. The molecule has 0 aliphatic heterocycles. The molecule has 0 heterocycles. The summed E-state index contributed by atoms with van der Waals surface area (Å²) in [5.74, 6) is -21.0. The molecule has 0 aromatic rings. The van der Waals surface area contributed by atoms with Gasteiger partial charge in [0, 0.05) is 40.0 Å². The third-order valence-electron chi connectivity index (χ3n) is 6.52. The van der Waals surface area contributed by atoms with Crippen molar-refractivity contribution in [2.45, 2.75) is 73.2 Å². The number of amides is 2. The molecule has 16 nitrogen and oxygen atoms in total. The molecule has 1 unspecified atom stereocenters. The average Bonchev–Trinajstić information content (AvgIpc) is 3.12. The molecular weight excluding hydrogens is 953 g/mol. The van der Waals surface area contributed by atoms with Gasteiger partial charge in [0.1, 0.15) is 19.8 Å². The number of carbonyl (C=O) groups is 4. The van der Waals surface area contributed by atoms with Gasteiger partial charge in [-0.2, -0.15) is 83.4 Å². The molecule has 0 radical (unpaired) electrons. The van der Waals surface area contributed by atoms with E-state index in [-0.39, 0.29) is 19.0 Å². The van der Waals surface area contributed by atoms with Crippen LogP contribution in [0.4, 0.5) is 93.0 Å². The Hall–Kier alpha value is -4.13. The topological polar surface area (TPSA) is 185 Å². The Morgan fingerprint density at radius 3 is 1.47 bits per heavy atom. The lowest BCUT2D eigenvalue weighted by molar-refractivity contribution is -0.567. The number of alkyl halides is 19. The van der Waals surface area contributed by atoms with Crippen LogP contribution in [0, 0.1) is 0 Å². The molecule has 0 aliphatic carbocycles. The van der Waals surface area contributed by atoms with Crippen molar-refractivity contribution in [3.63, 3.8) is 0 Å². The normalized spacial score (nSPS) is 14.4. The van der Waals surface area contributed by atoms with Crippen molar-refractivity contribution < 1.29 is 149 Å². The van der Waals surface area contributed by atoms with Crippen LogP contribution in [0.15, 0.2) is 12.7 Å². The summed E-state index contributed by atoms with van der Waals surface area (Å²) >= 11 is 0. The zero-order valence-corrected chi connectivity index (χ0v) is 31.7. The lowest BCUT2D eigenvalue weighted by atomic mass is 10.1. The second-order valence-corrected chi connectivity index (χ2v) is 14.0. The van der Waals surface area contributed by atoms with Gasteiger partial charge in [0.05, 0.1) is 6.54 Å². The molecule has 0 rings (SSSR count). The standard InChI is InChI=1S/C26H29F19N2O14Si/c1-5-14(48)55-9-8-47-16(50)57-12-13(58-17(51)46-7-6-10-62(52-2,53-3)54-4)11-56-15(49)18(27,28)59-23(38,39)24(40,41)61-26(44,45)25(42,43)60-22(36,37)20(31,32)19(29,30)21(33,34)35/h5,13H,1,6-12H2,2-4H3,(H,46,51)(H,47,50). The lowest BCUT2D eigenvalue weighted by Crippen LogP contribution is -2.65. The van der Waals surface area contributed by atoms with Crippen molar-refractivity contribution in [3.05, 3.63) is 12.7 Å². The summed E-state index contributed by atoms with van der Waals surface area (Å²) in [6.45, 7) is -1.50. The predicted molar refractivity (Wildman–Crippen MR) is 155 cm³/mol. The smallest absolute Gasteiger partial charge is 0.461 e. The first-order valence-corrected chi connectivity index (χ1v) is 17.4. The summed E-state index contributed by atoms with van der Waals surface area (Å²) in [6, 6.07) is 0.0303. The highest BCUT2D eigenvalue weighted by Crippen LogP contribution is 2.56. The first kappa shape index (κ1) is 57.9. The average molecular weight is 983 g/mol. The zero-order chi connectivity index (χ0) is 49.0. The van der Waals surface area contributed by atoms with E-state index in [0.29, 0.717) is 0 Å². The van der Waals surface area contributed by atoms with E-state index in [0.717, 1.165) is 6.08 Å². The molecule has 36 heteroatoms. The van der Waals surface area contributed by atoms with Gasteiger partial charge in [0.25, 0.3) is 0 Å². The van der Waals surface area contributed by atoms with Crippen molar-refractivity contribution in [1.29, 1.82) is 0 Å². The summed E-state index contributed by atoms with van der Waals surface area (Å²) in [4.78, 5) is 47.0. The van der Waals surface area contributed by atoms with E-state index < -0.39 is 120 Å². The third kappa shape index (κ3) is 15.3. The van der Waals surface area contributed by atoms with Gasteiger partial charge < -0.3 is 42.9 Å². The number of hydrogen-bond acceptors (Lipinski definition) is 14. The first-order valence-electron chi connectivity index (χ1n) is 15.5. The van der Waals surface area contributed by atoms with Crippen LogP contribution >= 0.6 is 0 Å². The van der Waals surface area contributed by atoms with E-state index in [9.17, 15) is 103 Å². The van der Waals surface area contributed by atoms with Crippen LogP contribution in [0.1, 0.15) is 6.42 Å². The van der Waals surface area contributed by atoms with E-state index in [1.54, 1.807) is 0 Å². The SMILES string of the molecule is C=CC(=O)OCCNC(=O)OCC(COC(=O)C(F)(F)OC(F)(F)C(F)(F)OC(F)(F)C(F)(F)OC(F)(F)C(F)(F)C(F)(F)C(F)(F)F)OC(=O)NCCC[Si](OC)(OC)OC. The van der Waals surface area contributed by atoms with Gasteiger partial charge in [-0.1, -0.05) is 6.58 Å². The van der Waals surface area contributed by atoms with Crippen molar-refractivity contribution in [2.24, 2.45) is 0 Å². The van der Waals surface area contributed by atoms with Gasteiger partial charge in [-0.05, 0) is 6.42 Å². The van der Waals surface area contributed by atoms with Crippen LogP contribution in [0.25, 0.3) is 0 Å². The molecule has 0 fully saturated rings. The fourth-order valence-corrected chi connectivity index (χ4v) is 5.11. The molecule has 0 aromatic heterocycles. The highest BCUT2D eigenvalue weighted by molar-refractivity contribution is 6.60. The molecule has 62 heavy (non-hydrogen) atoms. The van der Waals surface area contributed by atoms with Crippen LogP contribution in [0.5, 0.6) is 0 Å². The quantitative estimate of drug-likeness (QED) is 0.0252. The Balaban J connectivity index is 6.03. The Bertz CT molecular complexity index is 1510. The largest absolute Gasteiger partial charge is 0.500 e. The van der Waals surface area contributed by atoms with Gasteiger partial charge >= 0.3 is 87.6 Å². The molecule has 0 spiro atoms. The van der Waals surface area contributed by atoms with Gasteiger partial charge in [0.2, 0.25) is 0 Å². The number of halogens is 19. The van der Waals surface area contributed by atoms with Crippen molar-refractivity contribution in [3.8, 4) is 0 Å². The van der Waals surface area contributed by atoms with E-state index in [1.807, 2.05) is 15.4 Å². The Morgan fingerprint density at radius 1 is 0.581 bits per heavy atom. The van der Waals surface area contributed by atoms with Crippen LogP contribution < -0.4 is 10.6 Å². The highest BCUT2D eigenvalue weighted by atomic mass is 28.4. The second kappa shape index (κ2) is 21.5. The van der Waals surface area contributed by atoms with Crippen molar-refractivity contribution in [2.75, 3.05) is 54.2 Å². The fourth-order valence-electron chi connectivity index (χ4n) is 3.38. The molecule has 0 aromatic carbocycles. The number of hydrogen-bond donors (Lipinski definition) is 2. The van der Waals surface area contributed by atoms with Crippen LogP contribution in [-0.2, 0) is 56.0 Å². The Labute approximate surface area is 333 Å². The second-order valence-electron chi connectivity index (χ2n) is 10.9. The fraction of sp³-hybridized carbons (Fsp3) is 0.769. The monoisotopic (exact) mass is 982 g/mol. The molecule has 0 saturated heterocycles. The maximum absolute atomic E-state index is 14.2. The molecule has 0 bridgehead atoms. The minimum absolute atomic E-state index is 0.00214. The van der Waals surface area contributed by atoms with Gasteiger partial charge in [0.15, 0.2) is 6.10 Å². The van der Waals surface area contributed by atoms with Crippen LogP contribution in [0.2, 0.25) is 6.04 Å². The number of ether oxygens (including phenoxy) is 7. The minimum atomic E-state index is -8.31. The van der Waals surface area contributed by atoms with Gasteiger partial charge in [-0.15, -0.1) is 0 Å². The van der Waals surface area contributed by atoms with Crippen molar-refractivity contribution >= 4 is 32.9 Å². The summed E-state index contributed by atoms with van der Waals surface area (Å²) in [7, 11) is 0.441. The molecule has 2 amide bonds. The Kier molecular flexibility index (Phi) is 20.1. The third-order valence-corrected chi connectivity index (χ3v) is 9.35.